The zero-order valence-corrected chi connectivity index (χ0v) is 19.6. The van der Waals surface area contributed by atoms with Crippen molar-refractivity contribution in [1.82, 2.24) is 9.97 Å². The molecule has 0 unspecified atom stereocenters. The molecule has 2 heterocycles. The molecule has 0 atom stereocenters. The third-order valence-corrected chi connectivity index (χ3v) is 6.33. The van der Waals surface area contributed by atoms with Gasteiger partial charge >= 0.3 is 0 Å². The smallest absolute Gasteiger partial charge is 0.259 e. The van der Waals surface area contributed by atoms with Crippen LogP contribution in [0.15, 0.2) is 70.5 Å². The van der Waals surface area contributed by atoms with E-state index in [0.29, 0.717) is 34.3 Å². The van der Waals surface area contributed by atoms with Crippen LogP contribution in [0.25, 0.3) is 10.8 Å². The first-order valence-electron chi connectivity index (χ1n) is 10.8. The van der Waals surface area contributed by atoms with E-state index in [1.54, 1.807) is 48.5 Å². The van der Waals surface area contributed by atoms with Gasteiger partial charge in [0.15, 0.2) is 0 Å². The fourth-order valence-corrected chi connectivity index (χ4v) is 4.54. The summed E-state index contributed by atoms with van der Waals surface area (Å²) >= 11 is 0. The molecule has 0 aliphatic carbocycles. The third kappa shape index (κ3) is 5.15. The maximum absolute atomic E-state index is 12.6. The summed E-state index contributed by atoms with van der Waals surface area (Å²) in [6.45, 7) is 1.99. The molecule has 2 aromatic carbocycles. The van der Waals surface area contributed by atoms with Crippen LogP contribution < -0.4 is 27.1 Å². The van der Waals surface area contributed by atoms with Crippen LogP contribution in [-0.2, 0) is 16.4 Å². The van der Waals surface area contributed by atoms with Gasteiger partial charge < -0.3 is 21.4 Å². The molecule has 0 spiro atoms. The lowest BCUT2D eigenvalue weighted by molar-refractivity contribution is 0.0999. The Bertz CT molecular complexity index is 1600. The predicted molar refractivity (Wildman–Crippen MR) is 136 cm³/mol. The summed E-state index contributed by atoms with van der Waals surface area (Å²) in [5.74, 6) is 0.0261. The number of hydrogen-bond acceptors (Lipinski definition) is 7. The second kappa shape index (κ2) is 9.57. The van der Waals surface area contributed by atoms with Crippen LogP contribution in [-0.4, -0.2) is 24.3 Å². The van der Waals surface area contributed by atoms with E-state index in [2.05, 4.69) is 20.6 Å². The Labute approximate surface area is 201 Å². The van der Waals surface area contributed by atoms with Gasteiger partial charge in [-0.2, -0.15) is 0 Å². The van der Waals surface area contributed by atoms with Crippen LogP contribution in [0.1, 0.15) is 29.3 Å². The molecule has 4 rings (SSSR count). The van der Waals surface area contributed by atoms with E-state index in [0.717, 1.165) is 12.0 Å². The molecule has 0 saturated carbocycles. The van der Waals surface area contributed by atoms with Crippen molar-refractivity contribution in [2.75, 3.05) is 10.6 Å². The predicted octanol–water partition coefficient (Wildman–Crippen LogP) is 3.11. The Morgan fingerprint density at radius 1 is 1.09 bits per heavy atom. The number of benzene rings is 2. The van der Waals surface area contributed by atoms with Crippen molar-refractivity contribution < 1.29 is 13.2 Å². The molecule has 4 aromatic rings. The zero-order valence-electron chi connectivity index (χ0n) is 18.8. The van der Waals surface area contributed by atoms with Crippen LogP contribution in [0, 0.1) is 0 Å². The van der Waals surface area contributed by atoms with Gasteiger partial charge in [0.2, 0.25) is 15.9 Å². The lowest BCUT2D eigenvalue weighted by Crippen LogP contribution is -2.15. The molecule has 0 aliphatic rings. The van der Waals surface area contributed by atoms with Crippen LogP contribution >= 0.6 is 0 Å². The first-order valence-corrected chi connectivity index (χ1v) is 12.3. The molecule has 11 heteroatoms. The molecule has 0 saturated heterocycles. The van der Waals surface area contributed by atoms with E-state index in [-0.39, 0.29) is 22.0 Å². The summed E-state index contributed by atoms with van der Waals surface area (Å²) in [7, 11) is -3.98. The number of primary amides is 1. The number of amides is 1. The Morgan fingerprint density at radius 3 is 2.57 bits per heavy atom. The molecule has 1 amide bonds. The van der Waals surface area contributed by atoms with Crippen LogP contribution in [0.4, 0.5) is 23.0 Å². The zero-order chi connectivity index (χ0) is 25.2. The first kappa shape index (κ1) is 23.9. The van der Waals surface area contributed by atoms with Crippen molar-refractivity contribution in [3.63, 3.8) is 0 Å². The summed E-state index contributed by atoms with van der Waals surface area (Å²) in [6.07, 6.45) is 2.97. The van der Waals surface area contributed by atoms with Gasteiger partial charge in [0.1, 0.15) is 16.5 Å². The Kier molecular flexibility index (Phi) is 6.54. The fraction of sp³-hybridized carbons (Fsp3) is 0.125. The number of fused-ring (bicyclic) bond motifs is 1. The number of hydrogen-bond donors (Lipinski definition) is 5. The van der Waals surface area contributed by atoms with Crippen LogP contribution in [0.2, 0.25) is 0 Å². The monoisotopic (exact) mass is 492 g/mol. The summed E-state index contributed by atoms with van der Waals surface area (Å²) in [5.41, 5.74) is 7.21. The van der Waals surface area contributed by atoms with Gasteiger partial charge in [-0.05, 0) is 59.8 Å². The summed E-state index contributed by atoms with van der Waals surface area (Å²) in [6, 6.07) is 14.6. The van der Waals surface area contributed by atoms with Gasteiger partial charge in [0.05, 0.1) is 11.1 Å². The van der Waals surface area contributed by atoms with E-state index < -0.39 is 15.9 Å². The molecular formula is C24H24N6O4S. The number of anilines is 4. The van der Waals surface area contributed by atoms with E-state index in [4.69, 9.17) is 10.9 Å². The Balaban J connectivity index is 1.81. The molecule has 0 fully saturated rings. The van der Waals surface area contributed by atoms with Crippen molar-refractivity contribution in [2.45, 2.75) is 24.7 Å². The van der Waals surface area contributed by atoms with Crippen molar-refractivity contribution >= 4 is 49.7 Å². The number of aryl methyl sites for hydroxylation is 1. The van der Waals surface area contributed by atoms with Crippen molar-refractivity contribution in [1.29, 1.82) is 0 Å². The van der Waals surface area contributed by atoms with Gasteiger partial charge in [0.25, 0.3) is 5.56 Å². The minimum Gasteiger partial charge on any atom is -0.366 e. The number of aromatic nitrogens is 2. The number of para-hydroxylation sites is 1. The highest BCUT2D eigenvalue weighted by atomic mass is 32.2. The topological polar surface area (TPSA) is 173 Å². The minimum absolute atomic E-state index is 0.0893. The summed E-state index contributed by atoms with van der Waals surface area (Å²) < 4.78 is 24.0. The number of primary sulfonamides is 1. The molecule has 35 heavy (non-hydrogen) atoms. The molecule has 2 aromatic heterocycles. The molecule has 0 radical (unpaired) electrons. The highest BCUT2D eigenvalue weighted by Gasteiger charge is 2.16. The Hall–Kier alpha value is -4.22. The van der Waals surface area contributed by atoms with E-state index in [1.165, 1.54) is 12.3 Å². The Morgan fingerprint density at radius 2 is 1.86 bits per heavy atom. The van der Waals surface area contributed by atoms with E-state index in [1.807, 2.05) is 6.92 Å². The standard InChI is InChI=1S/C24H24N6O4S/c1-2-5-14-12-16(8-9-17(14)22(25)31)28-23-21-15(10-11-27-24(21)32)13-20(30-23)29-18-6-3-4-7-19(18)35(26,33)34/h3-4,6-13H,2,5H2,1H3,(H2,25,31)(H,27,32)(H2,26,33,34)(H2,28,29,30). The van der Waals surface area contributed by atoms with Crippen LogP contribution in [0.3, 0.4) is 0 Å². The molecule has 10 nitrogen and oxygen atoms in total. The SMILES string of the molecule is CCCc1cc(Nc2nc(Nc3ccccc3S(N)(=O)=O)cc3cc[nH]c(=O)c23)ccc1C(N)=O. The number of sulfonamides is 1. The molecule has 0 bridgehead atoms. The minimum atomic E-state index is -3.98. The lowest BCUT2D eigenvalue weighted by atomic mass is 10.0. The van der Waals surface area contributed by atoms with Gasteiger partial charge in [-0.1, -0.05) is 25.5 Å². The molecule has 7 N–H and O–H groups in total. The molecular weight excluding hydrogens is 468 g/mol. The summed E-state index contributed by atoms with van der Waals surface area (Å²) in [5, 5.41) is 12.4. The normalized spacial score (nSPS) is 11.4. The maximum atomic E-state index is 12.6. The molecule has 180 valence electrons. The number of carbonyl (C=O) groups excluding carboxylic acids is 1. The molecule has 0 aliphatic heterocycles. The maximum Gasteiger partial charge on any atom is 0.259 e. The van der Waals surface area contributed by atoms with Crippen molar-refractivity contribution in [3.8, 4) is 0 Å². The van der Waals surface area contributed by atoms with Gasteiger partial charge in [-0.25, -0.2) is 18.5 Å². The number of H-pyrrole nitrogens is 1. The third-order valence-electron chi connectivity index (χ3n) is 5.36. The van der Waals surface area contributed by atoms with Crippen molar-refractivity contribution in [2.24, 2.45) is 10.9 Å². The number of nitrogens with one attached hydrogen (secondary N) is 3. The van der Waals surface area contributed by atoms with E-state index in [9.17, 15) is 18.0 Å². The first-order chi connectivity index (χ1) is 16.7. The van der Waals surface area contributed by atoms with Crippen molar-refractivity contribution in [3.05, 3.63) is 82.3 Å². The highest BCUT2D eigenvalue weighted by Crippen LogP contribution is 2.29. The quantitative estimate of drug-likeness (QED) is 0.251. The number of pyridine rings is 2. The lowest BCUT2D eigenvalue weighted by Gasteiger charge is -2.15. The van der Waals surface area contributed by atoms with Gasteiger partial charge in [0, 0.05) is 17.4 Å². The van der Waals surface area contributed by atoms with Gasteiger partial charge in [-0.15, -0.1) is 0 Å². The average molecular weight is 493 g/mol. The van der Waals surface area contributed by atoms with Gasteiger partial charge in [-0.3, -0.25) is 9.59 Å². The fourth-order valence-electron chi connectivity index (χ4n) is 3.85. The van der Waals surface area contributed by atoms with Crippen LogP contribution in [0.5, 0.6) is 0 Å². The van der Waals surface area contributed by atoms with E-state index >= 15 is 0 Å². The number of nitrogens with two attached hydrogens (primary N) is 2. The average Bonchev–Trinajstić information content (AvgIpc) is 2.79. The number of aromatic amines is 1. The number of nitrogens with zero attached hydrogens (tertiary/aromatic N) is 1. The largest absolute Gasteiger partial charge is 0.366 e. The summed E-state index contributed by atoms with van der Waals surface area (Å²) in [4.78, 5) is 31.5. The highest BCUT2D eigenvalue weighted by molar-refractivity contribution is 7.89. The number of carbonyl (C=O) groups is 1. The second-order valence-corrected chi connectivity index (χ2v) is 9.43. The second-order valence-electron chi connectivity index (χ2n) is 7.90. The number of rotatable bonds is 8.